The molecule has 0 bridgehead atoms. The minimum atomic E-state index is 0.883. The molecule has 7 heteroatoms. The molecule has 0 saturated carbocycles. The summed E-state index contributed by atoms with van der Waals surface area (Å²) in [5, 5.41) is 32.3. The number of hydrogen-bond donors (Lipinski definition) is 0. The van der Waals surface area contributed by atoms with Gasteiger partial charge >= 0.3 is 0 Å². The Bertz CT molecular complexity index is 10900. The van der Waals surface area contributed by atoms with Gasteiger partial charge in [-0.1, -0.05) is 437 Å². The molecule has 0 N–H and O–H groups in total. The van der Waals surface area contributed by atoms with Crippen LogP contribution in [0.5, 0.6) is 0 Å². The van der Waals surface area contributed by atoms with Crippen molar-refractivity contribution >= 4 is 229 Å². The molecule has 7 heterocycles. The van der Waals surface area contributed by atoms with Gasteiger partial charge in [-0.05, 0) is 192 Å². The van der Waals surface area contributed by atoms with E-state index in [4.69, 9.17) is 30.9 Å². The Morgan fingerprint density at radius 3 is 0.523 bits per heavy atom. The first-order valence-corrected chi connectivity index (χ1v) is 50.8. The van der Waals surface area contributed by atoms with Crippen molar-refractivity contribution in [3.8, 4) is 100 Å². The molecule has 7 aromatic heterocycles. The molecule has 0 saturated heterocycles. The number of furan rings is 7. The van der Waals surface area contributed by atoms with Crippen LogP contribution in [0.4, 0.5) is 0 Å². The summed E-state index contributed by atoms with van der Waals surface area (Å²) in [6.45, 7) is 0. The van der Waals surface area contributed by atoms with Crippen molar-refractivity contribution in [1.29, 1.82) is 0 Å². The molecule has 0 radical (unpaired) electrons. The minimum absolute atomic E-state index is 0.883. The molecule has 0 aliphatic rings. The summed E-state index contributed by atoms with van der Waals surface area (Å²) in [6.07, 6.45) is 0. The van der Waals surface area contributed by atoms with Gasteiger partial charge in [-0.25, -0.2) is 0 Å². The van der Waals surface area contributed by atoms with Gasteiger partial charge in [-0.2, -0.15) is 0 Å². The standard InChI is InChI=1S/C50H28O3.C48H28O2.C44H26O2/c1-4-25-44-31(12-1)38-21-9-19-36(48(38)51-44)29-15-7-17-34-42(29)28-43-30(37-20-10-22-39-32-13-2-5-26-45(32)52-49(37)39)16-8-18-35(43)47(34)41-24-11-23-40-33-14-3-6-27-46(33)53-50(40)41;1-2-14-30-29(12-1)13-7-19-35(30)46-36-20-8-17-31(38-22-10-24-40-33-15-3-5-26-44(33)49-47(38)40)42(36)28-43-32(18-9-21-37(43)46)39-23-11-25-41-34-16-4-6-27-45(34)50-48(39)41;1-2-12-27(13-3-1)42-32-18-8-16-28(34-20-10-22-36-30-14-4-6-24-40(30)45-43(34)36)38(32)26-39-29(17-9-19-33(39)42)35-21-11-23-37-31-15-5-7-25-41(31)46-44(35)37/h1-28H;1-28H;1-26H. The maximum atomic E-state index is 6.72. The van der Waals surface area contributed by atoms with E-state index in [-0.39, 0.29) is 0 Å². The van der Waals surface area contributed by atoms with Gasteiger partial charge in [0.05, 0.1) is 0 Å². The SMILES string of the molecule is c1ccc(-c2c3cccc(-c4cccc5c4oc4ccccc45)c3cc3c(-c4cccc5c4oc4ccccc45)cccc23)cc1.c1ccc2c(-c3c4cccc(-c5cccc6c5oc5ccccc56)c4cc4c(-c5cccc6c5oc5ccccc56)cccc34)cccc2c1.c1ccc2c(c1)oc1c(-c3cccc4c(-c5cccc6c5oc5ccccc56)c5cccc(-c6cccc7c6oc6ccccc67)c5cc34)cccc12. The molecule has 692 valence electrons. The lowest BCUT2D eigenvalue weighted by atomic mass is 9.85. The van der Waals surface area contributed by atoms with Crippen LogP contribution in [0.1, 0.15) is 0 Å². The molecule has 0 atom stereocenters. The third-order valence-electron chi connectivity index (χ3n) is 31.1. The Kier molecular flexibility index (Phi) is 18.8. The first-order chi connectivity index (χ1) is 73.9. The topological polar surface area (TPSA) is 92.0 Å². The van der Waals surface area contributed by atoms with E-state index in [2.05, 4.69) is 431 Å². The molecule has 0 amide bonds. The van der Waals surface area contributed by atoms with Crippen molar-refractivity contribution in [3.05, 3.63) is 497 Å². The van der Waals surface area contributed by atoms with Crippen LogP contribution < -0.4 is 0 Å². The molecular formula is C142H82O7. The summed E-state index contributed by atoms with van der Waals surface area (Å²) in [4.78, 5) is 0. The molecule has 149 heavy (non-hydrogen) atoms. The summed E-state index contributed by atoms with van der Waals surface area (Å²) < 4.78 is 46.3. The smallest absolute Gasteiger partial charge is 0.143 e. The minimum Gasteiger partial charge on any atom is -0.455 e. The van der Waals surface area contributed by atoms with Gasteiger partial charge in [0, 0.05) is 120 Å². The molecule has 0 fully saturated rings. The third kappa shape index (κ3) is 13.0. The van der Waals surface area contributed by atoms with Crippen LogP contribution in [-0.2, 0) is 0 Å². The lowest BCUT2D eigenvalue weighted by molar-refractivity contribution is 0.669. The zero-order valence-electron chi connectivity index (χ0n) is 80.2. The van der Waals surface area contributed by atoms with E-state index in [0.717, 1.165) is 253 Å². The number of hydrogen-bond acceptors (Lipinski definition) is 7. The first-order valence-electron chi connectivity index (χ1n) is 50.8. The van der Waals surface area contributed by atoms with E-state index < -0.39 is 0 Å². The van der Waals surface area contributed by atoms with Gasteiger partial charge in [-0.3, -0.25) is 0 Å². The Labute approximate surface area is 851 Å². The third-order valence-corrected chi connectivity index (χ3v) is 31.1. The van der Waals surface area contributed by atoms with Crippen LogP contribution in [-0.4, -0.2) is 0 Å². The summed E-state index contributed by atoms with van der Waals surface area (Å²) in [5.41, 5.74) is 33.0. The Hall–Kier alpha value is -19.9. The highest BCUT2D eigenvalue weighted by atomic mass is 16.4. The zero-order chi connectivity index (χ0) is 97.6. The number of fused-ring (bicyclic) bond motifs is 28. The lowest BCUT2D eigenvalue weighted by Gasteiger charge is -2.18. The van der Waals surface area contributed by atoms with Crippen molar-refractivity contribution in [2.75, 3.05) is 0 Å². The highest BCUT2D eigenvalue weighted by molar-refractivity contribution is 6.29. The van der Waals surface area contributed by atoms with E-state index >= 15 is 0 Å². The van der Waals surface area contributed by atoms with E-state index in [9.17, 15) is 0 Å². The summed E-state index contributed by atoms with van der Waals surface area (Å²) in [5.74, 6) is 0. The molecule has 0 unspecified atom stereocenters. The van der Waals surface area contributed by atoms with Crippen LogP contribution in [0.3, 0.4) is 0 Å². The Morgan fingerprint density at radius 2 is 0.262 bits per heavy atom. The molecule has 33 rings (SSSR count). The molecular weight excluding hydrogens is 1820 g/mol. The van der Waals surface area contributed by atoms with Crippen LogP contribution in [0.2, 0.25) is 0 Å². The summed E-state index contributed by atoms with van der Waals surface area (Å²) in [7, 11) is 0. The van der Waals surface area contributed by atoms with Gasteiger partial charge in [0.1, 0.15) is 78.2 Å². The fourth-order valence-electron chi connectivity index (χ4n) is 24.5. The molecule has 0 aliphatic carbocycles. The molecule has 33 aromatic rings. The van der Waals surface area contributed by atoms with Gasteiger partial charge in [0.2, 0.25) is 0 Å². The Balaban J connectivity index is 0.000000101. The molecule has 7 nitrogen and oxygen atoms in total. The Morgan fingerprint density at radius 1 is 0.0940 bits per heavy atom. The van der Waals surface area contributed by atoms with E-state index in [1.165, 1.54) is 76.1 Å². The number of para-hydroxylation sites is 14. The number of benzene rings is 26. The van der Waals surface area contributed by atoms with Crippen LogP contribution >= 0.6 is 0 Å². The monoisotopic (exact) mass is 1900 g/mol. The van der Waals surface area contributed by atoms with Crippen molar-refractivity contribution in [2.24, 2.45) is 0 Å². The van der Waals surface area contributed by atoms with Crippen molar-refractivity contribution in [3.63, 3.8) is 0 Å². The number of rotatable bonds is 9. The van der Waals surface area contributed by atoms with Gasteiger partial charge in [0.15, 0.2) is 0 Å². The van der Waals surface area contributed by atoms with Crippen molar-refractivity contribution in [2.45, 2.75) is 0 Å². The first kappa shape index (κ1) is 83.7. The maximum absolute atomic E-state index is 6.72. The van der Waals surface area contributed by atoms with Crippen LogP contribution in [0, 0.1) is 0 Å². The van der Waals surface area contributed by atoms with Crippen LogP contribution in [0.25, 0.3) is 329 Å². The molecule has 0 aliphatic heterocycles. The van der Waals surface area contributed by atoms with E-state index in [1.807, 2.05) is 66.7 Å². The zero-order valence-corrected chi connectivity index (χ0v) is 80.2. The molecule has 26 aromatic carbocycles. The lowest BCUT2D eigenvalue weighted by Crippen LogP contribution is -1.91. The summed E-state index contributed by atoms with van der Waals surface area (Å²) >= 11 is 0. The summed E-state index contributed by atoms with van der Waals surface area (Å²) in [6, 6.07) is 177. The predicted molar refractivity (Wildman–Crippen MR) is 622 cm³/mol. The predicted octanol–water partition coefficient (Wildman–Crippen LogP) is 41.4. The van der Waals surface area contributed by atoms with Gasteiger partial charge in [0.25, 0.3) is 0 Å². The average Bonchev–Trinajstić information content (AvgIpc) is 1.71. The highest BCUT2D eigenvalue weighted by Crippen LogP contribution is 2.55. The van der Waals surface area contributed by atoms with Crippen molar-refractivity contribution in [1.82, 2.24) is 0 Å². The van der Waals surface area contributed by atoms with E-state index in [1.54, 1.807) is 0 Å². The van der Waals surface area contributed by atoms with Gasteiger partial charge < -0.3 is 30.9 Å². The normalized spacial score (nSPS) is 12.0. The second-order valence-corrected chi connectivity index (χ2v) is 39.0. The molecule has 0 spiro atoms. The largest absolute Gasteiger partial charge is 0.455 e. The fraction of sp³-hybridized carbons (Fsp3) is 0. The van der Waals surface area contributed by atoms with Gasteiger partial charge in [-0.15, -0.1) is 0 Å². The maximum Gasteiger partial charge on any atom is 0.143 e. The van der Waals surface area contributed by atoms with E-state index in [0.29, 0.717) is 0 Å². The fourth-order valence-corrected chi connectivity index (χ4v) is 24.5. The highest BCUT2D eigenvalue weighted by Gasteiger charge is 2.29. The average molecular weight is 1900 g/mol. The second-order valence-electron chi connectivity index (χ2n) is 39.0. The van der Waals surface area contributed by atoms with Crippen molar-refractivity contribution < 1.29 is 30.9 Å². The quantitative estimate of drug-likeness (QED) is 0.133. The second kappa shape index (κ2) is 33.4. The van der Waals surface area contributed by atoms with Crippen LogP contribution in [0.15, 0.2) is 528 Å².